The molecule has 0 fully saturated rings. The lowest BCUT2D eigenvalue weighted by Crippen LogP contribution is -2.37. The molecule has 0 aromatic carbocycles. The van der Waals surface area contributed by atoms with Crippen molar-refractivity contribution in [3.63, 3.8) is 0 Å². The third kappa shape index (κ3) is 1.68. The number of aromatic nitrogens is 2. The van der Waals surface area contributed by atoms with Gasteiger partial charge in [-0.15, -0.1) is 0 Å². The second-order valence-corrected chi connectivity index (χ2v) is 3.12. The normalized spacial score (nSPS) is 10.8. The van der Waals surface area contributed by atoms with Gasteiger partial charge in [0.05, 0.1) is 11.3 Å². The summed E-state index contributed by atoms with van der Waals surface area (Å²) in [5.74, 6) is 0. The van der Waals surface area contributed by atoms with Crippen LogP contribution in [0.2, 0.25) is 0 Å². The van der Waals surface area contributed by atoms with Crippen LogP contribution in [0.5, 0.6) is 0 Å². The summed E-state index contributed by atoms with van der Waals surface area (Å²) in [4.78, 5) is 0. The predicted molar refractivity (Wildman–Crippen MR) is 47.2 cm³/mol. The lowest BCUT2D eigenvalue weighted by Gasteiger charge is -2.09. The van der Waals surface area contributed by atoms with Gasteiger partial charge in [-0.05, 0) is 26.8 Å². The maximum atomic E-state index is 8.96. The first kappa shape index (κ1) is 9.28. The standard InChI is InChI=1S/C7H13BN2O2/c1-5(2)10-7(8(11)12)4-6(3)9-10/h4-5,11-12H,1-3H3. The Balaban J connectivity index is 3.08. The van der Waals surface area contributed by atoms with E-state index < -0.39 is 7.12 Å². The van der Waals surface area contributed by atoms with Gasteiger partial charge in [-0.25, -0.2) is 0 Å². The van der Waals surface area contributed by atoms with Crippen LogP contribution in [0.25, 0.3) is 0 Å². The maximum absolute atomic E-state index is 8.96. The van der Waals surface area contributed by atoms with Crippen LogP contribution in [-0.2, 0) is 0 Å². The summed E-state index contributed by atoms with van der Waals surface area (Å²) >= 11 is 0. The minimum absolute atomic E-state index is 0.149. The largest absolute Gasteiger partial charge is 0.507 e. The lowest BCUT2D eigenvalue weighted by molar-refractivity contribution is 0.416. The highest BCUT2D eigenvalue weighted by molar-refractivity contribution is 6.57. The van der Waals surface area contributed by atoms with Gasteiger partial charge in [0.1, 0.15) is 0 Å². The van der Waals surface area contributed by atoms with E-state index >= 15 is 0 Å². The minimum atomic E-state index is -1.44. The van der Waals surface area contributed by atoms with Crippen LogP contribution in [0, 0.1) is 6.92 Å². The molecule has 0 aliphatic rings. The zero-order valence-corrected chi connectivity index (χ0v) is 7.52. The van der Waals surface area contributed by atoms with Crippen LogP contribution in [0.4, 0.5) is 0 Å². The van der Waals surface area contributed by atoms with Crippen LogP contribution in [0.15, 0.2) is 6.07 Å². The fourth-order valence-electron chi connectivity index (χ4n) is 1.14. The van der Waals surface area contributed by atoms with Crippen molar-refractivity contribution in [2.75, 3.05) is 0 Å². The Morgan fingerprint density at radius 1 is 1.50 bits per heavy atom. The predicted octanol–water partition coefficient (Wildman–Crippen LogP) is -0.548. The molecule has 1 aromatic heterocycles. The average Bonchev–Trinajstić information content (AvgIpc) is 2.31. The van der Waals surface area contributed by atoms with Crippen molar-refractivity contribution in [1.82, 2.24) is 9.78 Å². The highest BCUT2D eigenvalue weighted by atomic mass is 16.4. The molecule has 1 rings (SSSR count). The van der Waals surface area contributed by atoms with Crippen molar-refractivity contribution in [2.24, 2.45) is 0 Å². The van der Waals surface area contributed by atoms with E-state index in [4.69, 9.17) is 10.0 Å². The van der Waals surface area contributed by atoms with Gasteiger partial charge < -0.3 is 10.0 Å². The van der Waals surface area contributed by atoms with E-state index in [0.717, 1.165) is 5.69 Å². The quantitative estimate of drug-likeness (QED) is 0.582. The van der Waals surface area contributed by atoms with Gasteiger partial charge in [0.15, 0.2) is 0 Å². The van der Waals surface area contributed by atoms with E-state index in [1.807, 2.05) is 20.8 Å². The molecule has 0 spiro atoms. The number of nitrogens with zero attached hydrogens (tertiary/aromatic N) is 2. The summed E-state index contributed by atoms with van der Waals surface area (Å²) in [6.07, 6.45) is 0. The maximum Gasteiger partial charge on any atom is 0.507 e. The van der Waals surface area contributed by atoms with Crippen molar-refractivity contribution in [2.45, 2.75) is 26.8 Å². The van der Waals surface area contributed by atoms with E-state index in [1.165, 1.54) is 0 Å². The molecular formula is C7H13BN2O2. The summed E-state index contributed by atoms with van der Waals surface area (Å²) in [7, 11) is -1.44. The minimum Gasteiger partial charge on any atom is -0.422 e. The Morgan fingerprint density at radius 3 is 2.42 bits per heavy atom. The van der Waals surface area contributed by atoms with Gasteiger partial charge >= 0.3 is 7.12 Å². The molecule has 1 heterocycles. The van der Waals surface area contributed by atoms with E-state index in [-0.39, 0.29) is 6.04 Å². The molecule has 4 nitrogen and oxygen atoms in total. The molecule has 0 atom stereocenters. The van der Waals surface area contributed by atoms with Crippen LogP contribution in [0.1, 0.15) is 25.6 Å². The Morgan fingerprint density at radius 2 is 2.08 bits per heavy atom. The molecule has 0 unspecified atom stereocenters. The smallest absolute Gasteiger partial charge is 0.422 e. The molecule has 0 amide bonds. The van der Waals surface area contributed by atoms with E-state index in [0.29, 0.717) is 5.59 Å². The van der Waals surface area contributed by atoms with Crippen molar-refractivity contribution >= 4 is 12.7 Å². The van der Waals surface area contributed by atoms with Crippen molar-refractivity contribution in [3.05, 3.63) is 11.8 Å². The molecule has 1 aromatic rings. The Kier molecular flexibility index (Phi) is 2.54. The summed E-state index contributed by atoms with van der Waals surface area (Å²) in [5.41, 5.74) is 1.24. The fraction of sp³-hybridized carbons (Fsp3) is 0.571. The second kappa shape index (κ2) is 3.29. The Hall–Kier alpha value is -0.805. The highest BCUT2D eigenvalue weighted by Crippen LogP contribution is 2.01. The number of hydrogen-bond acceptors (Lipinski definition) is 3. The van der Waals surface area contributed by atoms with Gasteiger partial charge in [-0.1, -0.05) is 0 Å². The van der Waals surface area contributed by atoms with Gasteiger partial charge in [-0.2, -0.15) is 5.10 Å². The molecule has 0 bridgehead atoms. The zero-order valence-electron chi connectivity index (χ0n) is 7.52. The molecule has 66 valence electrons. The molecule has 12 heavy (non-hydrogen) atoms. The third-order valence-electron chi connectivity index (χ3n) is 1.64. The molecule has 0 saturated heterocycles. The number of hydrogen-bond donors (Lipinski definition) is 2. The first-order valence-corrected chi connectivity index (χ1v) is 3.94. The summed E-state index contributed by atoms with van der Waals surface area (Å²) in [6, 6.07) is 1.82. The molecule has 0 aliphatic carbocycles. The summed E-state index contributed by atoms with van der Waals surface area (Å²) < 4.78 is 1.61. The van der Waals surface area contributed by atoms with Crippen LogP contribution in [0.3, 0.4) is 0 Å². The molecule has 2 N–H and O–H groups in total. The van der Waals surface area contributed by atoms with Crippen LogP contribution in [-0.4, -0.2) is 26.9 Å². The topological polar surface area (TPSA) is 58.3 Å². The first-order chi connectivity index (χ1) is 5.52. The molecule has 0 radical (unpaired) electrons. The van der Waals surface area contributed by atoms with Gasteiger partial charge in [0, 0.05) is 6.04 Å². The van der Waals surface area contributed by atoms with Crippen LogP contribution >= 0.6 is 0 Å². The lowest BCUT2D eigenvalue weighted by atomic mass is 9.85. The summed E-state index contributed by atoms with van der Waals surface area (Å²) in [6.45, 7) is 5.71. The van der Waals surface area contributed by atoms with Crippen LogP contribution < -0.4 is 5.59 Å². The van der Waals surface area contributed by atoms with Gasteiger partial charge in [0.2, 0.25) is 0 Å². The molecule has 0 aliphatic heterocycles. The third-order valence-corrected chi connectivity index (χ3v) is 1.64. The SMILES string of the molecule is Cc1cc(B(O)O)n(C(C)C)n1. The van der Waals surface area contributed by atoms with E-state index in [1.54, 1.807) is 10.7 Å². The fourth-order valence-corrected chi connectivity index (χ4v) is 1.14. The second-order valence-electron chi connectivity index (χ2n) is 3.12. The number of rotatable bonds is 2. The zero-order chi connectivity index (χ0) is 9.30. The van der Waals surface area contributed by atoms with Crippen molar-refractivity contribution in [3.8, 4) is 0 Å². The van der Waals surface area contributed by atoms with Gasteiger partial charge in [0.25, 0.3) is 0 Å². The first-order valence-electron chi connectivity index (χ1n) is 3.94. The number of aryl methyl sites for hydroxylation is 1. The Bertz CT molecular complexity index is 245. The monoisotopic (exact) mass is 168 g/mol. The van der Waals surface area contributed by atoms with E-state index in [9.17, 15) is 0 Å². The average molecular weight is 168 g/mol. The summed E-state index contributed by atoms with van der Waals surface area (Å²) in [5, 5.41) is 22.1. The molecule has 0 saturated carbocycles. The van der Waals surface area contributed by atoms with E-state index in [2.05, 4.69) is 5.10 Å². The molecular weight excluding hydrogens is 155 g/mol. The molecule has 5 heteroatoms. The Labute approximate surface area is 72.0 Å². The van der Waals surface area contributed by atoms with Crippen molar-refractivity contribution < 1.29 is 10.0 Å². The van der Waals surface area contributed by atoms with Gasteiger partial charge in [-0.3, -0.25) is 4.68 Å². The highest BCUT2D eigenvalue weighted by Gasteiger charge is 2.19. The van der Waals surface area contributed by atoms with Crippen molar-refractivity contribution in [1.29, 1.82) is 0 Å².